The molecule has 1 rings (SSSR count). The maximum Gasteiger partial charge on any atom is 0.231 e. The van der Waals surface area contributed by atoms with E-state index in [-0.39, 0.29) is 17.7 Å². The van der Waals surface area contributed by atoms with Crippen molar-refractivity contribution in [3.63, 3.8) is 0 Å². The number of hydrogen-bond donors (Lipinski definition) is 3. The summed E-state index contributed by atoms with van der Waals surface area (Å²) in [7, 11) is 0. The van der Waals surface area contributed by atoms with Crippen molar-refractivity contribution in [2.45, 2.75) is 33.7 Å². The van der Waals surface area contributed by atoms with Gasteiger partial charge in [0.1, 0.15) is 5.92 Å². The molecule has 0 bridgehead atoms. The van der Waals surface area contributed by atoms with Crippen molar-refractivity contribution in [1.29, 1.82) is 0 Å². The van der Waals surface area contributed by atoms with Crippen molar-refractivity contribution >= 4 is 11.7 Å². The zero-order valence-electron chi connectivity index (χ0n) is 12.3. The average molecular weight is 277 g/mol. The van der Waals surface area contributed by atoms with E-state index in [1.807, 2.05) is 38.1 Å². The van der Waals surface area contributed by atoms with Gasteiger partial charge in [0.2, 0.25) is 5.91 Å². The van der Waals surface area contributed by atoms with E-state index in [0.29, 0.717) is 6.54 Å². The Kier molecular flexibility index (Phi) is 6.03. The number of oxime groups is 1. The largest absolute Gasteiger partial charge is 0.409 e. The lowest BCUT2D eigenvalue weighted by Crippen LogP contribution is -2.41. The SMILES string of the molecule is CCc1ccccc1CNC(=O)C(C(N)=NO)C(C)C. The number of aryl methyl sites for hydroxylation is 1. The molecule has 0 saturated carbocycles. The molecule has 0 spiro atoms. The molecule has 5 nitrogen and oxygen atoms in total. The van der Waals surface area contributed by atoms with Crippen LogP contribution in [0.25, 0.3) is 0 Å². The first-order valence-electron chi connectivity index (χ1n) is 6.83. The Bertz CT molecular complexity index is 484. The third-order valence-electron chi connectivity index (χ3n) is 3.34. The maximum atomic E-state index is 12.2. The van der Waals surface area contributed by atoms with Gasteiger partial charge in [0.25, 0.3) is 0 Å². The Morgan fingerprint density at radius 2 is 1.95 bits per heavy atom. The molecular weight excluding hydrogens is 254 g/mol. The number of rotatable bonds is 6. The van der Waals surface area contributed by atoms with Gasteiger partial charge in [-0.2, -0.15) is 0 Å². The monoisotopic (exact) mass is 277 g/mol. The molecule has 0 aromatic heterocycles. The van der Waals surface area contributed by atoms with E-state index in [2.05, 4.69) is 17.4 Å². The predicted molar refractivity (Wildman–Crippen MR) is 79.4 cm³/mol. The Morgan fingerprint density at radius 1 is 1.35 bits per heavy atom. The molecule has 1 amide bonds. The molecule has 0 aliphatic carbocycles. The van der Waals surface area contributed by atoms with Crippen LogP contribution in [0.2, 0.25) is 0 Å². The molecule has 110 valence electrons. The molecular formula is C15H23N3O2. The van der Waals surface area contributed by atoms with Crippen LogP contribution in [0.15, 0.2) is 29.4 Å². The highest BCUT2D eigenvalue weighted by atomic mass is 16.4. The van der Waals surface area contributed by atoms with Gasteiger partial charge >= 0.3 is 0 Å². The van der Waals surface area contributed by atoms with Gasteiger partial charge < -0.3 is 16.3 Å². The summed E-state index contributed by atoms with van der Waals surface area (Å²) in [5.41, 5.74) is 7.88. The molecule has 0 heterocycles. The van der Waals surface area contributed by atoms with Crippen LogP contribution in [-0.4, -0.2) is 17.0 Å². The quantitative estimate of drug-likeness (QED) is 0.321. The zero-order chi connectivity index (χ0) is 15.1. The Hall–Kier alpha value is -2.04. The fourth-order valence-corrected chi connectivity index (χ4v) is 2.21. The minimum Gasteiger partial charge on any atom is -0.409 e. The van der Waals surface area contributed by atoms with Crippen LogP contribution in [-0.2, 0) is 17.8 Å². The average Bonchev–Trinajstić information content (AvgIpc) is 2.44. The number of nitrogens with two attached hydrogens (primary N) is 1. The number of nitrogens with zero attached hydrogens (tertiary/aromatic N) is 1. The van der Waals surface area contributed by atoms with Crippen LogP contribution in [0, 0.1) is 11.8 Å². The summed E-state index contributed by atoms with van der Waals surface area (Å²) in [4.78, 5) is 12.2. The molecule has 0 aliphatic heterocycles. The van der Waals surface area contributed by atoms with Crippen LogP contribution >= 0.6 is 0 Å². The minimum atomic E-state index is -0.617. The van der Waals surface area contributed by atoms with E-state index in [0.717, 1.165) is 12.0 Å². The van der Waals surface area contributed by atoms with Crippen LogP contribution < -0.4 is 11.1 Å². The fourth-order valence-electron chi connectivity index (χ4n) is 2.21. The summed E-state index contributed by atoms with van der Waals surface area (Å²) < 4.78 is 0. The highest BCUT2D eigenvalue weighted by Gasteiger charge is 2.26. The van der Waals surface area contributed by atoms with Crippen molar-refractivity contribution < 1.29 is 10.0 Å². The third-order valence-corrected chi connectivity index (χ3v) is 3.34. The molecule has 0 radical (unpaired) electrons. The molecule has 0 saturated heterocycles. The fraction of sp³-hybridized carbons (Fsp3) is 0.467. The molecule has 20 heavy (non-hydrogen) atoms. The zero-order valence-corrected chi connectivity index (χ0v) is 12.3. The number of benzene rings is 1. The second kappa shape index (κ2) is 7.53. The summed E-state index contributed by atoms with van der Waals surface area (Å²) in [5.74, 6) is -0.927. The minimum absolute atomic E-state index is 0.0349. The van der Waals surface area contributed by atoms with Gasteiger partial charge in [0, 0.05) is 6.54 Å². The molecule has 1 aromatic carbocycles. The smallest absolute Gasteiger partial charge is 0.231 e. The molecule has 0 aliphatic rings. The topological polar surface area (TPSA) is 87.7 Å². The second-order valence-electron chi connectivity index (χ2n) is 5.09. The molecule has 0 fully saturated rings. The van der Waals surface area contributed by atoms with Gasteiger partial charge in [-0.1, -0.05) is 50.2 Å². The highest BCUT2D eigenvalue weighted by Crippen LogP contribution is 2.13. The number of amides is 1. The second-order valence-corrected chi connectivity index (χ2v) is 5.09. The molecule has 1 aromatic rings. The van der Waals surface area contributed by atoms with Gasteiger partial charge in [-0.15, -0.1) is 0 Å². The van der Waals surface area contributed by atoms with Gasteiger partial charge in [0.05, 0.1) is 0 Å². The Morgan fingerprint density at radius 3 is 2.45 bits per heavy atom. The standard InChI is InChI=1S/C15H23N3O2/c1-4-11-7-5-6-8-12(11)9-17-15(19)13(10(2)3)14(16)18-20/h5-8,10,13,20H,4,9H2,1-3H3,(H2,16,18)(H,17,19). The number of carbonyl (C=O) groups excluding carboxylic acids is 1. The Labute approximate surface area is 119 Å². The first-order chi connectivity index (χ1) is 9.51. The van der Waals surface area contributed by atoms with E-state index in [1.54, 1.807) is 0 Å². The first kappa shape index (κ1) is 16.0. The summed E-state index contributed by atoms with van der Waals surface area (Å²) in [6, 6.07) is 7.97. The summed E-state index contributed by atoms with van der Waals surface area (Å²) in [5, 5.41) is 14.6. The van der Waals surface area contributed by atoms with Gasteiger partial charge in [-0.05, 0) is 23.5 Å². The number of carbonyl (C=O) groups is 1. The van der Waals surface area contributed by atoms with Crippen molar-refractivity contribution in [2.75, 3.05) is 0 Å². The number of nitrogens with one attached hydrogen (secondary N) is 1. The summed E-state index contributed by atoms with van der Waals surface area (Å²) in [6.45, 7) is 6.25. The van der Waals surface area contributed by atoms with E-state index < -0.39 is 5.92 Å². The lowest BCUT2D eigenvalue weighted by Gasteiger charge is -2.19. The van der Waals surface area contributed by atoms with E-state index >= 15 is 0 Å². The van der Waals surface area contributed by atoms with Crippen molar-refractivity contribution in [3.8, 4) is 0 Å². The van der Waals surface area contributed by atoms with Crippen LogP contribution in [0.5, 0.6) is 0 Å². The number of hydrogen-bond acceptors (Lipinski definition) is 3. The molecule has 4 N–H and O–H groups in total. The summed E-state index contributed by atoms with van der Waals surface area (Å²) >= 11 is 0. The van der Waals surface area contributed by atoms with Gasteiger partial charge in [-0.3, -0.25) is 4.79 Å². The van der Waals surface area contributed by atoms with Crippen molar-refractivity contribution in [3.05, 3.63) is 35.4 Å². The lowest BCUT2D eigenvalue weighted by molar-refractivity contribution is -0.124. The molecule has 1 unspecified atom stereocenters. The highest BCUT2D eigenvalue weighted by molar-refractivity contribution is 6.02. The number of amidine groups is 1. The normalized spacial score (nSPS) is 13.3. The predicted octanol–water partition coefficient (Wildman–Crippen LogP) is 1.88. The van der Waals surface area contributed by atoms with E-state index in [9.17, 15) is 4.79 Å². The van der Waals surface area contributed by atoms with Gasteiger partial charge in [-0.25, -0.2) is 0 Å². The van der Waals surface area contributed by atoms with E-state index in [4.69, 9.17) is 10.9 Å². The molecule has 5 heteroatoms. The summed E-state index contributed by atoms with van der Waals surface area (Å²) in [6.07, 6.45) is 0.917. The lowest BCUT2D eigenvalue weighted by atomic mass is 9.93. The Balaban J connectivity index is 2.75. The van der Waals surface area contributed by atoms with Crippen molar-refractivity contribution in [1.82, 2.24) is 5.32 Å². The first-order valence-corrected chi connectivity index (χ1v) is 6.83. The van der Waals surface area contributed by atoms with Crippen LogP contribution in [0.4, 0.5) is 0 Å². The maximum absolute atomic E-state index is 12.2. The van der Waals surface area contributed by atoms with Gasteiger partial charge in [0.15, 0.2) is 5.84 Å². The van der Waals surface area contributed by atoms with Crippen LogP contribution in [0.3, 0.4) is 0 Å². The van der Waals surface area contributed by atoms with Crippen molar-refractivity contribution in [2.24, 2.45) is 22.7 Å². The third kappa shape index (κ3) is 3.98. The molecule has 1 atom stereocenters. The van der Waals surface area contributed by atoms with E-state index in [1.165, 1.54) is 5.56 Å². The van der Waals surface area contributed by atoms with Crippen LogP contribution in [0.1, 0.15) is 31.9 Å².